The third-order valence-corrected chi connectivity index (χ3v) is 3.05. The Hall–Kier alpha value is -2.30. The molecule has 5 nitrogen and oxygen atoms in total. The fourth-order valence-electron chi connectivity index (χ4n) is 1.54. The van der Waals surface area contributed by atoms with Gasteiger partial charge in [-0.05, 0) is 37.6 Å². The van der Waals surface area contributed by atoms with Gasteiger partial charge in [0.2, 0.25) is 0 Å². The molecule has 0 aliphatic rings. The highest BCUT2D eigenvalue weighted by molar-refractivity contribution is 5.99. The highest BCUT2D eigenvalue weighted by Crippen LogP contribution is 2.19. The Bertz CT molecular complexity index is 530. The maximum absolute atomic E-state index is 11.8. The predicted molar refractivity (Wildman–Crippen MR) is 81.7 cm³/mol. The molecule has 0 saturated heterocycles. The average molecular weight is 291 g/mol. The van der Waals surface area contributed by atoms with E-state index in [4.69, 9.17) is 4.74 Å². The van der Waals surface area contributed by atoms with E-state index in [1.165, 1.54) is 27.2 Å². The van der Waals surface area contributed by atoms with Crippen LogP contribution in [-0.4, -0.2) is 33.1 Å². The van der Waals surface area contributed by atoms with Gasteiger partial charge in [0.1, 0.15) is 0 Å². The molecule has 0 fully saturated rings. The second kappa shape index (κ2) is 6.92. The smallest absolute Gasteiger partial charge is 0.327 e. The minimum atomic E-state index is -1.33. The van der Waals surface area contributed by atoms with Crippen LogP contribution in [0.1, 0.15) is 19.4 Å². The molecule has 21 heavy (non-hydrogen) atoms. The molecular formula is C16H21NO4. The Morgan fingerprint density at radius 2 is 1.67 bits per heavy atom. The molecule has 0 heterocycles. The first-order valence-corrected chi connectivity index (χ1v) is 6.52. The Morgan fingerprint density at radius 1 is 1.10 bits per heavy atom. The van der Waals surface area contributed by atoms with Gasteiger partial charge >= 0.3 is 11.9 Å². The van der Waals surface area contributed by atoms with Crippen molar-refractivity contribution in [3.63, 3.8) is 0 Å². The van der Waals surface area contributed by atoms with Crippen molar-refractivity contribution in [3.8, 4) is 0 Å². The van der Waals surface area contributed by atoms with Gasteiger partial charge in [-0.15, -0.1) is 0 Å². The number of rotatable bonds is 5. The van der Waals surface area contributed by atoms with E-state index in [1.807, 2.05) is 43.3 Å². The van der Waals surface area contributed by atoms with E-state index >= 15 is 0 Å². The zero-order chi connectivity index (χ0) is 16.0. The van der Waals surface area contributed by atoms with Gasteiger partial charge in [0.15, 0.2) is 5.41 Å². The first kappa shape index (κ1) is 16.8. The van der Waals surface area contributed by atoms with Crippen molar-refractivity contribution in [1.82, 2.24) is 0 Å². The topological polar surface area (TPSA) is 55.8 Å². The Kier molecular flexibility index (Phi) is 5.52. The van der Waals surface area contributed by atoms with Crippen LogP contribution in [0, 0.1) is 5.41 Å². The fourth-order valence-corrected chi connectivity index (χ4v) is 1.54. The van der Waals surface area contributed by atoms with Crippen LogP contribution in [0.15, 0.2) is 30.5 Å². The number of benzene rings is 1. The van der Waals surface area contributed by atoms with Crippen LogP contribution in [-0.2, 0) is 19.1 Å². The molecule has 114 valence electrons. The van der Waals surface area contributed by atoms with E-state index in [0.29, 0.717) is 0 Å². The van der Waals surface area contributed by atoms with Gasteiger partial charge in [-0.25, -0.2) is 0 Å². The molecule has 0 aliphatic heterocycles. The normalized spacial score (nSPS) is 11.3. The van der Waals surface area contributed by atoms with Gasteiger partial charge in [0, 0.05) is 19.8 Å². The molecule has 0 aromatic heterocycles. The lowest BCUT2D eigenvalue weighted by Gasteiger charge is -2.17. The predicted octanol–water partition coefficient (Wildman–Crippen LogP) is 2.47. The number of anilines is 1. The van der Waals surface area contributed by atoms with Crippen LogP contribution >= 0.6 is 0 Å². The molecule has 1 rings (SSSR count). The SMILES string of the molecule is COC(=O)C(C)(C)C(=O)O/C=C/c1ccc(N(C)C)cc1. The van der Waals surface area contributed by atoms with Crippen LogP contribution in [0.2, 0.25) is 0 Å². The van der Waals surface area contributed by atoms with E-state index < -0.39 is 17.4 Å². The minimum absolute atomic E-state index is 0.628. The number of carbonyl (C=O) groups excluding carboxylic acids is 2. The van der Waals surface area contributed by atoms with E-state index in [2.05, 4.69) is 4.74 Å². The van der Waals surface area contributed by atoms with E-state index in [0.717, 1.165) is 11.3 Å². The lowest BCUT2D eigenvalue weighted by atomic mass is 9.94. The monoisotopic (exact) mass is 291 g/mol. The standard InChI is InChI=1S/C16H21NO4/c1-16(2,14(18)20-5)15(19)21-11-10-12-6-8-13(9-7-12)17(3)4/h6-11H,1-5H3/b11-10+. The first-order chi connectivity index (χ1) is 9.78. The van der Waals surface area contributed by atoms with Crippen LogP contribution in [0.5, 0.6) is 0 Å². The Morgan fingerprint density at radius 3 is 2.14 bits per heavy atom. The summed E-state index contributed by atoms with van der Waals surface area (Å²) in [4.78, 5) is 25.3. The summed E-state index contributed by atoms with van der Waals surface area (Å²) in [6, 6.07) is 7.73. The number of ether oxygens (including phenoxy) is 2. The van der Waals surface area contributed by atoms with Crippen molar-refractivity contribution in [1.29, 1.82) is 0 Å². The Balaban J connectivity index is 2.66. The molecule has 0 atom stereocenters. The van der Waals surface area contributed by atoms with Crippen molar-refractivity contribution in [3.05, 3.63) is 36.1 Å². The van der Waals surface area contributed by atoms with Crippen molar-refractivity contribution in [2.24, 2.45) is 5.41 Å². The molecular weight excluding hydrogens is 270 g/mol. The van der Waals surface area contributed by atoms with Crippen molar-refractivity contribution in [2.75, 3.05) is 26.1 Å². The summed E-state index contributed by atoms with van der Waals surface area (Å²) in [6.07, 6.45) is 2.93. The van der Waals surface area contributed by atoms with E-state index in [-0.39, 0.29) is 0 Å². The van der Waals surface area contributed by atoms with E-state index in [9.17, 15) is 9.59 Å². The molecule has 0 N–H and O–H groups in total. The van der Waals surface area contributed by atoms with Gasteiger partial charge in [-0.1, -0.05) is 12.1 Å². The number of methoxy groups -OCH3 is 1. The van der Waals surface area contributed by atoms with Crippen molar-refractivity contribution in [2.45, 2.75) is 13.8 Å². The quantitative estimate of drug-likeness (QED) is 0.474. The number of hydrogen-bond donors (Lipinski definition) is 0. The summed E-state index contributed by atoms with van der Waals surface area (Å²) in [5, 5.41) is 0. The second-order valence-corrected chi connectivity index (χ2v) is 5.31. The van der Waals surface area contributed by atoms with Crippen molar-refractivity contribution < 1.29 is 19.1 Å². The van der Waals surface area contributed by atoms with Crippen molar-refractivity contribution >= 4 is 23.7 Å². The molecule has 0 unspecified atom stereocenters. The zero-order valence-electron chi connectivity index (χ0n) is 13.0. The molecule has 0 amide bonds. The third kappa shape index (κ3) is 4.34. The summed E-state index contributed by atoms with van der Waals surface area (Å²) in [5.74, 6) is -1.29. The third-order valence-electron chi connectivity index (χ3n) is 3.05. The number of hydrogen-bond acceptors (Lipinski definition) is 5. The van der Waals surface area contributed by atoms with Crippen LogP contribution < -0.4 is 4.90 Å². The number of carbonyl (C=O) groups is 2. The van der Waals surface area contributed by atoms with E-state index in [1.54, 1.807) is 6.08 Å². The maximum Gasteiger partial charge on any atom is 0.327 e. The summed E-state index contributed by atoms with van der Waals surface area (Å²) in [7, 11) is 5.16. The van der Waals surface area contributed by atoms with Gasteiger partial charge in [-0.2, -0.15) is 0 Å². The molecule has 1 aromatic carbocycles. The lowest BCUT2D eigenvalue weighted by molar-refractivity contribution is -0.164. The average Bonchev–Trinajstić information content (AvgIpc) is 2.46. The zero-order valence-corrected chi connectivity index (χ0v) is 13.0. The molecule has 0 bridgehead atoms. The molecule has 0 aliphatic carbocycles. The van der Waals surface area contributed by atoms with Crippen LogP contribution in [0.25, 0.3) is 6.08 Å². The second-order valence-electron chi connectivity index (χ2n) is 5.31. The molecule has 0 radical (unpaired) electrons. The largest absolute Gasteiger partial charge is 0.468 e. The van der Waals surface area contributed by atoms with Crippen LogP contribution in [0.4, 0.5) is 5.69 Å². The van der Waals surface area contributed by atoms with Crippen LogP contribution in [0.3, 0.4) is 0 Å². The highest BCUT2D eigenvalue weighted by atomic mass is 16.5. The summed E-state index contributed by atoms with van der Waals surface area (Å²) >= 11 is 0. The van der Waals surface area contributed by atoms with Gasteiger partial charge in [-0.3, -0.25) is 9.59 Å². The van der Waals surface area contributed by atoms with Gasteiger partial charge in [0.25, 0.3) is 0 Å². The fraction of sp³-hybridized carbons (Fsp3) is 0.375. The van der Waals surface area contributed by atoms with Gasteiger partial charge in [0.05, 0.1) is 13.4 Å². The highest BCUT2D eigenvalue weighted by Gasteiger charge is 2.38. The molecule has 0 spiro atoms. The van der Waals surface area contributed by atoms with Gasteiger partial charge < -0.3 is 14.4 Å². The first-order valence-electron chi connectivity index (χ1n) is 6.52. The maximum atomic E-state index is 11.8. The lowest BCUT2D eigenvalue weighted by Crippen LogP contribution is -2.35. The number of nitrogens with zero attached hydrogens (tertiary/aromatic N) is 1. The summed E-state index contributed by atoms with van der Waals surface area (Å²) in [5.41, 5.74) is 0.647. The summed E-state index contributed by atoms with van der Waals surface area (Å²) < 4.78 is 9.55. The molecule has 0 saturated carbocycles. The minimum Gasteiger partial charge on any atom is -0.468 e. The molecule has 5 heteroatoms. The Labute approximate surface area is 125 Å². The summed E-state index contributed by atoms with van der Waals surface area (Å²) in [6.45, 7) is 2.92. The molecule has 1 aromatic rings. The number of esters is 2.